The van der Waals surface area contributed by atoms with Gasteiger partial charge in [0.1, 0.15) is 0 Å². The zero-order valence-electron chi connectivity index (χ0n) is 8.36. The van der Waals surface area contributed by atoms with Gasteiger partial charge in [0.2, 0.25) is 11.8 Å². The summed E-state index contributed by atoms with van der Waals surface area (Å²) in [7, 11) is 0. The van der Waals surface area contributed by atoms with Crippen molar-refractivity contribution in [1.82, 2.24) is 4.90 Å². The third-order valence-corrected chi connectivity index (χ3v) is 2.98. The summed E-state index contributed by atoms with van der Waals surface area (Å²) in [6.45, 7) is 3.49. The van der Waals surface area contributed by atoms with Crippen LogP contribution in [0.25, 0.3) is 0 Å². The number of fused-ring (bicyclic) bond motifs is 1. The Bertz CT molecular complexity index is 242. The molecule has 2 atom stereocenters. The molecule has 0 radical (unpaired) electrons. The Morgan fingerprint density at radius 2 is 1.86 bits per heavy atom. The summed E-state index contributed by atoms with van der Waals surface area (Å²) in [5, 5.41) is 0. The van der Waals surface area contributed by atoms with Crippen molar-refractivity contribution < 1.29 is 14.3 Å². The fourth-order valence-corrected chi connectivity index (χ4v) is 2.09. The van der Waals surface area contributed by atoms with Gasteiger partial charge < -0.3 is 4.74 Å². The molecule has 0 spiro atoms. The number of rotatable bonds is 3. The Morgan fingerprint density at radius 1 is 1.29 bits per heavy atom. The molecule has 0 aromatic rings. The largest absolute Gasteiger partial charge is 0.380 e. The van der Waals surface area contributed by atoms with Gasteiger partial charge in [-0.15, -0.1) is 0 Å². The third kappa shape index (κ3) is 1.34. The number of likely N-dealkylation sites (tertiary alicyclic amines) is 1. The Kier molecular flexibility index (Phi) is 2.54. The molecule has 0 unspecified atom stereocenters. The van der Waals surface area contributed by atoms with E-state index in [0.717, 1.165) is 12.8 Å². The summed E-state index contributed by atoms with van der Waals surface area (Å²) >= 11 is 0. The molecule has 2 fully saturated rings. The number of carbonyl (C=O) groups is 2. The van der Waals surface area contributed by atoms with Crippen LogP contribution in [0.2, 0.25) is 0 Å². The third-order valence-electron chi connectivity index (χ3n) is 2.98. The summed E-state index contributed by atoms with van der Waals surface area (Å²) in [6, 6.07) is 0. The highest BCUT2D eigenvalue weighted by Gasteiger charge is 2.50. The minimum absolute atomic E-state index is 0.0223. The van der Waals surface area contributed by atoms with Gasteiger partial charge in [0.15, 0.2) is 0 Å². The molecule has 0 aliphatic carbocycles. The summed E-state index contributed by atoms with van der Waals surface area (Å²) in [6.07, 6.45) is 1.90. The van der Waals surface area contributed by atoms with Gasteiger partial charge in [-0.1, -0.05) is 13.3 Å². The lowest BCUT2D eigenvalue weighted by atomic mass is 10.00. The highest BCUT2D eigenvalue weighted by molar-refractivity contribution is 6.05. The average Bonchev–Trinajstić information content (AvgIpc) is 2.72. The number of hydrogen-bond donors (Lipinski definition) is 0. The number of carbonyl (C=O) groups excluding carboxylic acids is 2. The van der Waals surface area contributed by atoms with Crippen molar-refractivity contribution >= 4 is 11.8 Å². The first-order valence-corrected chi connectivity index (χ1v) is 5.18. The molecule has 2 aliphatic heterocycles. The van der Waals surface area contributed by atoms with E-state index in [1.807, 2.05) is 0 Å². The Morgan fingerprint density at radius 3 is 2.36 bits per heavy atom. The van der Waals surface area contributed by atoms with Gasteiger partial charge in [0, 0.05) is 6.54 Å². The summed E-state index contributed by atoms with van der Waals surface area (Å²) < 4.78 is 5.14. The normalized spacial score (nSPS) is 31.4. The molecular weight excluding hydrogens is 182 g/mol. The van der Waals surface area contributed by atoms with Crippen LogP contribution in [-0.2, 0) is 14.3 Å². The zero-order valence-corrected chi connectivity index (χ0v) is 8.36. The van der Waals surface area contributed by atoms with Crippen LogP contribution < -0.4 is 0 Å². The number of nitrogens with zero attached hydrogens (tertiary/aromatic N) is 1. The van der Waals surface area contributed by atoms with Crippen LogP contribution in [0, 0.1) is 11.8 Å². The van der Waals surface area contributed by atoms with E-state index in [-0.39, 0.29) is 23.7 Å². The van der Waals surface area contributed by atoms with Crippen molar-refractivity contribution in [2.45, 2.75) is 19.8 Å². The molecule has 0 bridgehead atoms. The minimum atomic E-state index is -0.181. The van der Waals surface area contributed by atoms with E-state index in [1.54, 1.807) is 0 Å². The Balaban J connectivity index is 2.06. The molecule has 0 N–H and O–H groups in total. The molecule has 0 saturated carbocycles. The van der Waals surface area contributed by atoms with Gasteiger partial charge in [-0.2, -0.15) is 0 Å². The highest BCUT2D eigenvalue weighted by atomic mass is 16.5. The van der Waals surface area contributed by atoms with Crippen LogP contribution >= 0.6 is 0 Å². The molecule has 2 aliphatic rings. The van der Waals surface area contributed by atoms with E-state index in [2.05, 4.69) is 6.92 Å². The van der Waals surface area contributed by atoms with Crippen LogP contribution in [0.5, 0.6) is 0 Å². The van der Waals surface area contributed by atoms with Crippen molar-refractivity contribution in [2.75, 3.05) is 19.8 Å². The van der Waals surface area contributed by atoms with Crippen molar-refractivity contribution in [3.05, 3.63) is 0 Å². The number of ether oxygens (including phenoxy) is 1. The second-order valence-corrected chi connectivity index (χ2v) is 3.93. The lowest BCUT2D eigenvalue weighted by Crippen LogP contribution is -2.33. The lowest BCUT2D eigenvalue weighted by molar-refractivity contribution is -0.141. The first kappa shape index (κ1) is 9.65. The molecule has 4 heteroatoms. The second-order valence-electron chi connectivity index (χ2n) is 3.93. The van der Waals surface area contributed by atoms with Gasteiger partial charge >= 0.3 is 0 Å². The van der Waals surface area contributed by atoms with Gasteiger partial charge in [0.05, 0.1) is 25.0 Å². The SMILES string of the molecule is CCCCN1C(=O)[C@H]2COC[C@H]2C1=O. The van der Waals surface area contributed by atoms with Gasteiger partial charge in [-0.3, -0.25) is 14.5 Å². The molecular formula is C10H15NO3. The summed E-state index contributed by atoms with van der Waals surface area (Å²) in [5.41, 5.74) is 0. The lowest BCUT2D eigenvalue weighted by Gasteiger charge is -2.14. The molecule has 2 amide bonds. The molecule has 2 rings (SSSR count). The predicted octanol–water partition coefficient (Wildman–Crippen LogP) is 0.418. The van der Waals surface area contributed by atoms with Crippen LogP contribution in [0.15, 0.2) is 0 Å². The quantitative estimate of drug-likeness (QED) is 0.616. The number of imide groups is 1. The highest BCUT2D eigenvalue weighted by Crippen LogP contribution is 2.31. The van der Waals surface area contributed by atoms with Crippen molar-refractivity contribution in [2.24, 2.45) is 11.8 Å². The van der Waals surface area contributed by atoms with Crippen molar-refractivity contribution in [3.8, 4) is 0 Å². The maximum absolute atomic E-state index is 11.7. The average molecular weight is 197 g/mol. The summed E-state index contributed by atoms with van der Waals surface area (Å²) in [5.74, 6) is -0.407. The number of amides is 2. The van der Waals surface area contributed by atoms with Crippen molar-refractivity contribution in [1.29, 1.82) is 0 Å². The van der Waals surface area contributed by atoms with E-state index in [0.29, 0.717) is 19.8 Å². The monoisotopic (exact) mass is 197 g/mol. The van der Waals surface area contributed by atoms with E-state index in [9.17, 15) is 9.59 Å². The molecule has 2 saturated heterocycles. The molecule has 14 heavy (non-hydrogen) atoms. The van der Waals surface area contributed by atoms with E-state index in [1.165, 1.54) is 4.90 Å². The van der Waals surface area contributed by atoms with Gasteiger partial charge in [-0.05, 0) is 6.42 Å². The fraction of sp³-hybridized carbons (Fsp3) is 0.800. The predicted molar refractivity (Wildman–Crippen MR) is 49.4 cm³/mol. The Hall–Kier alpha value is -0.900. The summed E-state index contributed by atoms with van der Waals surface area (Å²) in [4.78, 5) is 24.9. The molecule has 78 valence electrons. The van der Waals surface area contributed by atoms with Crippen LogP contribution in [0.4, 0.5) is 0 Å². The van der Waals surface area contributed by atoms with Crippen LogP contribution in [-0.4, -0.2) is 36.5 Å². The maximum atomic E-state index is 11.7. The standard InChI is InChI=1S/C10H15NO3/c1-2-3-4-11-9(12)7-5-14-6-8(7)10(11)13/h7-8H,2-6H2,1H3/t7-,8+. The fourth-order valence-electron chi connectivity index (χ4n) is 2.09. The topological polar surface area (TPSA) is 46.6 Å². The minimum Gasteiger partial charge on any atom is -0.380 e. The zero-order chi connectivity index (χ0) is 10.1. The maximum Gasteiger partial charge on any atom is 0.235 e. The molecule has 2 heterocycles. The smallest absolute Gasteiger partial charge is 0.235 e. The van der Waals surface area contributed by atoms with Crippen LogP contribution in [0.3, 0.4) is 0 Å². The van der Waals surface area contributed by atoms with Crippen molar-refractivity contribution in [3.63, 3.8) is 0 Å². The first-order chi connectivity index (χ1) is 6.75. The van der Waals surface area contributed by atoms with Gasteiger partial charge in [0.25, 0.3) is 0 Å². The molecule has 0 aromatic heterocycles. The number of unbranched alkanes of at least 4 members (excludes halogenated alkanes) is 1. The molecule has 4 nitrogen and oxygen atoms in total. The Labute approximate surface area is 83.2 Å². The van der Waals surface area contributed by atoms with E-state index in [4.69, 9.17) is 4.74 Å². The molecule has 0 aromatic carbocycles. The van der Waals surface area contributed by atoms with Gasteiger partial charge in [-0.25, -0.2) is 0 Å². The van der Waals surface area contributed by atoms with E-state index >= 15 is 0 Å². The first-order valence-electron chi connectivity index (χ1n) is 5.18. The second kappa shape index (κ2) is 3.69. The van der Waals surface area contributed by atoms with E-state index < -0.39 is 0 Å². The number of hydrogen-bond acceptors (Lipinski definition) is 3. The van der Waals surface area contributed by atoms with Crippen LogP contribution in [0.1, 0.15) is 19.8 Å².